The summed E-state index contributed by atoms with van der Waals surface area (Å²) >= 11 is 0. The summed E-state index contributed by atoms with van der Waals surface area (Å²) in [5.74, 6) is 1.80. The minimum Gasteiger partial charge on any atom is -0.493 e. The van der Waals surface area contributed by atoms with Gasteiger partial charge in [0.2, 0.25) is 11.6 Å². The van der Waals surface area contributed by atoms with Crippen LogP contribution in [0.5, 0.6) is 17.2 Å². The maximum Gasteiger partial charge on any atom is 0.260 e. The van der Waals surface area contributed by atoms with Crippen molar-refractivity contribution in [2.24, 2.45) is 0 Å². The molecule has 8 heteroatoms. The first kappa shape index (κ1) is 22.8. The molecule has 34 heavy (non-hydrogen) atoms. The van der Waals surface area contributed by atoms with E-state index in [9.17, 15) is 4.79 Å². The van der Waals surface area contributed by atoms with Crippen LogP contribution in [-0.4, -0.2) is 37.4 Å². The number of hydrogen-bond acceptors (Lipinski definition) is 7. The molecule has 0 saturated carbocycles. The van der Waals surface area contributed by atoms with E-state index < -0.39 is 0 Å². The number of aromatic nitrogens is 2. The maximum absolute atomic E-state index is 12.9. The molecule has 0 bridgehead atoms. The lowest BCUT2D eigenvalue weighted by Crippen LogP contribution is -2.13. The Bertz CT molecular complexity index is 1320. The van der Waals surface area contributed by atoms with Gasteiger partial charge in [-0.2, -0.15) is 4.98 Å². The highest BCUT2D eigenvalue weighted by Gasteiger charge is 2.19. The minimum atomic E-state index is -0.222. The monoisotopic (exact) mass is 459 g/mol. The zero-order valence-corrected chi connectivity index (χ0v) is 19.6. The number of methoxy groups -OCH3 is 3. The molecule has 4 rings (SSSR count). The van der Waals surface area contributed by atoms with E-state index in [1.54, 1.807) is 24.3 Å². The van der Waals surface area contributed by atoms with Crippen molar-refractivity contribution in [2.45, 2.75) is 13.8 Å². The van der Waals surface area contributed by atoms with Crippen molar-refractivity contribution in [1.29, 1.82) is 0 Å². The van der Waals surface area contributed by atoms with E-state index in [0.717, 1.165) is 11.1 Å². The van der Waals surface area contributed by atoms with Crippen molar-refractivity contribution >= 4 is 11.6 Å². The van der Waals surface area contributed by atoms with Crippen LogP contribution in [-0.2, 0) is 0 Å². The van der Waals surface area contributed by atoms with Crippen LogP contribution in [0.15, 0.2) is 59.1 Å². The predicted molar refractivity (Wildman–Crippen MR) is 129 cm³/mol. The molecule has 1 N–H and O–H groups in total. The molecule has 0 spiro atoms. The highest BCUT2D eigenvalue weighted by atomic mass is 16.5. The van der Waals surface area contributed by atoms with Crippen LogP contribution in [0.4, 0.5) is 5.69 Å². The zero-order valence-electron chi connectivity index (χ0n) is 19.6. The van der Waals surface area contributed by atoms with Gasteiger partial charge in [-0.25, -0.2) is 0 Å². The van der Waals surface area contributed by atoms with Crippen molar-refractivity contribution in [1.82, 2.24) is 10.1 Å². The Balaban J connectivity index is 1.66. The van der Waals surface area contributed by atoms with Crippen molar-refractivity contribution < 1.29 is 23.5 Å². The van der Waals surface area contributed by atoms with Gasteiger partial charge in [0, 0.05) is 11.1 Å². The van der Waals surface area contributed by atoms with Crippen LogP contribution in [0.2, 0.25) is 0 Å². The lowest BCUT2D eigenvalue weighted by atomic mass is 10.1. The molecular formula is C26H25N3O5. The number of amides is 1. The van der Waals surface area contributed by atoms with Crippen molar-refractivity contribution in [3.8, 4) is 40.1 Å². The first-order chi connectivity index (χ1) is 16.4. The van der Waals surface area contributed by atoms with Crippen LogP contribution in [0.1, 0.15) is 21.5 Å². The molecule has 0 radical (unpaired) electrons. The number of para-hydroxylation sites is 1. The lowest BCUT2D eigenvalue weighted by Gasteiger charge is -2.12. The Morgan fingerprint density at radius 3 is 2.24 bits per heavy atom. The fourth-order valence-corrected chi connectivity index (χ4v) is 3.52. The molecule has 0 aliphatic rings. The van der Waals surface area contributed by atoms with Gasteiger partial charge in [-0.3, -0.25) is 4.79 Å². The first-order valence-corrected chi connectivity index (χ1v) is 10.6. The van der Waals surface area contributed by atoms with E-state index in [1.807, 2.05) is 44.2 Å². The number of benzene rings is 3. The fourth-order valence-electron chi connectivity index (χ4n) is 3.52. The number of anilines is 1. The van der Waals surface area contributed by atoms with E-state index in [4.69, 9.17) is 18.7 Å². The second-order valence-electron chi connectivity index (χ2n) is 7.64. The fraction of sp³-hybridized carbons (Fsp3) is 0.192. The third-order valence-corrected chi connectivity index (χ3v) is 5.52. The number of carbonyl (C=O) groups is 1. The van der Waals surface area contributed by atoms with Gasteiger partial charge in [0.25, 0.3) is 11.8 Å². The third kappa shape index (κ3) is 4.43. The van der Waals surface area contributed by atoms with Gasteiger partial charge in [-0.15, -0.1) is 0 Å². The van der Waals surface area contributed by atoms with Crippen LogP contribution in [0.3, 0.4) is 0 Å². The topological polar surface area (TPSA) is 95.7 Å². The first-order valence-electron chi connectivity index (χ1n) is 10.6. The van der Waals surface area contributed by atoms with Crippen molar-refractivity contribution in [3.05, 3.63) is 71.3 Å². The molecule has 0 aliphatic carbocycles. The number of ether oxygens (including phenoxy) is 3. The summed E-state index contributed by atoms with van der Waals surface area (Å²) in [5.41, 5.74) is 4.54. The number of nitrogens with one attached hydrogen (secondary N) is 1. The van der Waals surface area contributed by atoms with Crippen molar-refractivity contribution in [3.63, 3.8) is 0 Å². The molecule has 0 atom stereocenters. The average Bonchev–Trinajstić information content (AvgIpc) is 3.35. The highest BCUT2D eigenvalue weighted by Crippen LogP contribution is 2.41. The van der Waals surface area contributed by atoms with Crippen molar-refractivity contribution in [2.75, 3.05) is 26.6 Å². The molecule has 0 saturated heterocycles. The number of carbonyl (C=O) groups excluding carboxylic acids is 1. The second-order valence-corrected chi connectivity index (χ2v) is 7.64. The Labute approximate surface area is 197 Å². The maximum atomic E-state index is 12.9. The summed E-state index contributed by atoms with van der Waals surface area (Å²) in [7, 11) is 4.62. The van der Waals surface area contributed by atoms with Gasteiger partial charge in [0.05, 0.1) is 32.6 Å². The molecule has 1 aromatic heterocycles. The van der Waals surface area contributed by atoms with Crippen LogP contribution in [0.25, 0.3) is 22.8 Å². The van der Waals surface area contributed by atoms with Gasteiger partial charge in [-0.1, -0.05) is 23.4 Å². The normalized spacial score (nSPS) is 10.6. The lowest BCUT2D eigenvalue weighted by molar-refractivity contribution is 0.102. The second kappa shape index (κ2) is 9.66. The molecule has 1 heterocycles. The summed E-state index contributed by atoms with van der Waals surface area (Å²) in [6.07, 6.45) is 0. The number of aryl methyl sites for hydroxylation is 2. The molecule has 4 aromatic rings. The minimum absolute atomic E-state index is 0.222. The average molecular weight is 460 g/mol. The molecule has 0 fully saturated rings. The molecule has 0 aliphatic heterocycles. The summed E-state index contributed by atoms with van der Waals surface area (Å²) in [4.78, 5) is 17.4. The molecule has 174 valence electrons. The smallest absolute Gasteiger partial charge is 0.260 e. The summed E-state index contributed by atoms with van der Waals surface area (Å²) in [5, 5.41) is 7.07. The van der Waals surface area contributed by atoms with Gasteiger partial charge >= 0.3 is 0 Å². The summed E-state index contributed by atoms with van der Waals surface area (Å²) < 4.78 is 21.7. The Morgan fingerprint density at radius 2 is 1.59 bits per heavy atom. The van der Waals surface area contributed by atoms with E-state index in [0.29, 0.717) is 45.5 Å². The van der Waals surface area contributed by atoms with Crippen LogP contribution < -0.4 is 19.5 Å². The Kier molecular flexibility index (Phi) is 6.49. The standard InChI is InChI=1S/C26H25N3O5/c1-15-10-11-17(12-16(15)2)25(30)27-20-9-7-6-8-19(20)26-28-24(29-34-26)18-13-21(31-3)23(33-5)22(14-18)32-4/h6-14H,1-5H3,(H,27,30). The van der Waals surface area contributed by atoms with Crippen LogP contribution in [0, 0.1) is 13.8 Å². The largest absolute Gasteiger partial charge is 0.493 e. The third-order valence-electron chi connectivity index (χ3n) is 5.52. The van der Waals surface area contributed by atoms with E-state index in [-0.39, 0.29) is 11.8 Å². The van der Waals surface area contributed by atoms with Gasteiger partial charge in [-0.05, 0) is 61.4 Å². The molecule has 0 unspecified atom stereocenters. The quantitative estimate of drug-likeness (QED) is 0.401. The Hall–Kier alpha value is -4.33. The van der Waals surface area contributed by atoms with Gasteiger partial charge in [0.1, 0.15) is 0 Å². The Morgan fingerprint density at radius 1 is 0.882 bits per heavy atom. The molecular weight excluding hydrogens is 434 g/mol. The van der Waals surface area contributed by atoms with E-state index >= 15 is 0 Å². The molecule has 8 nitrogen and oxygen atoms in total. The predicted octanol–water partition coefficient (Wildman–Crippen LogP) is 5.30. The van der Waals surface area contributed by atoms with Gasteiger partial charge < -0.3 is 24.1 Å². The SMILES string of the molecule is COc1cc(-c2noc(-c3ccccc3NC(=O)c3ccc(C)c(C)c3)n2)cc(OC)c1OC. The van der Waals surface area contributed by atoms with E-state index in [2.05, 4.69) is 15.5 Å². The number of rotatable bonds is 7. The molecule has 1 amide bonds. The highest BCUT2D eigenvalue weighted by molar-refractivity contribution is 6.06. The summed E-state index contributed by atoms with van der Waals surface area (Å²) in [6, 6.07) is 16.3. The zero-order chi connectivity index (χ0) is 24.2. The summed E-state index contributed by atoms with van der Waals surface area (Å²) in [6.45, 7) is 3.98. The van der Waals surface area contributed by atoms with E-state index in [1.165, 1.54) is 21.3 Å². The number of nitrogens with zero attached hydrogens (tertiary/aromatic N) is 2. The van der Waals surface area contributed by atoms with Gasteiger partial charge in [0.15, 0.2) is 11.5 Å². The number of hydrogen-bond donors (Lipinski definition) is 1. The molecule has 3 aromatic carbocycles. The van der Waals surface area contributed by atoms with Crippen LogP contribution >= 0.6 is 0 Å².